The van der Waals surface area contributed by atoms with Gasteiger partial charge in [-0.05, 0) is 32.7 Å². The monoisotopic (exact) mass is 377 g/mol. The van der Waals surface area contributed by atoms with E-state index in [2.05, 4.69) is 20.2 Å². The third-order valence-electron chi connectivity index (χ3n) is 5.55. The van der Waals surface area contributed by atoms with E-state index in [0.29, 0.717) is 30.1 Å². The van der Waals surface area contributed by atoms with Crippen molar-refractivity contribution in [3.05, 3.63) is 24.3 Å². The van der Waals surface area contributed by atoms with E-state index in [-0.39, 0.29) is 17.9 Å². The molecule has 1 aromatic rings. The summed E-state index contributed by atoms with van der Waals surface area (Å²) in [4.78, 5) is 25.4. The predicted molar refractivity (Wildman–Crippen MR) is 101 cm³/mol. The molecule has 8 heteroatoms. The van der Waals surface area contributed by atoms with Gasteiger partial charge in [-0.15, -0.1) is 0 Å². The molecule has 3 heterocycles. The van der Waals surface area contributed by atoms with Crippen molar-refractivity contribution in [3.63, 3.8) is 0 Å². The van der Waals surface area contributed by atoms with E-state index in [4.69, 9.17) is 4.74 Å². The summed E-state index contributed by atoms with van der Waals surface area (Å²) in [5.74, 6) is 1.44. The number of amides is 1. The van der Waals surface area contributed by atoms with Gasteiger partial charge in [0, 0.05) is 38.8 Å². The molecule has 0 aromatic carbocycles. The average molecular weight is 377 g/mol. The predicted octanol–water partition coefficient (Wildman–Crippen LogP) is 1.77. The molecule has 27 heavy (non-hydrogen) atoms. The Morgan fingerprint density at radius 3 is 2.63 bits per heavy atom. The highest BCUT2D eigenvalue weighted by Gasteiger charge is 2.44. The molecule has 0 radical (unpaired) electrons. The molecular formula is C19H28FN5O2. The minimum absolute atomic E-state index is 0.155. The highest BCUT2D eigenvalue weighted by Crippen LogP contribution is 2.41. The number of nitrogens with zero attached hydrogens (tertiary/aromatic N) is 4. The molecular weight excluding hydrogens is 349 g/mol. The molecule has 2 aliphatic heterocycles. The molecule has 0 atom stereocenters. The van der Waals surface area contributed by atoms with Crippen molar-refractivity contribution in [2.75, 3.05) is 51.8 Å². The number of piperidine rings is 2. The van der Waals surface area contributed by atoms with Crippen molar-refractivity contribution in [1.82, 2.24) is 20.2 Å². The zero-order chi connectivity index (χ0) is 19.3. The second-order valence-electron chi connectivity index (χ2n) is 7.40. The number of halogens is 1. The number of nitrogens with one attached hydrogen (secondary N) is 1. The van der Waals surface area contributed by atoms with Crippen molar-refractivity contribution >= 4 is 11.9 Å². The molecule has 7 nitrogen and oxygen atoms in total. The number of aromatic nitrogens is 2. The van der Waals surface area contributed by atoms with Gasteiger partial charge in [-0.1, -0.05) is 0 Å². The number of anilines is 1. The first-order valence-corrected chi connectivity index (χ1v) is 9.46. The first-order chi connectivity index (χ1) is 13.1. The van der Waals surface area contributed by atoms with Gasteiger partial charge >= 0.3 is 0 Å². The fraction of sp³-hybridized carbons (Fsp3) is 0.632. The maximum Gasteiger partial charge on any atom is 0.228 e. The summed E-state index contributed by atoms with van der Waals surface area (Å²) in [5.41, 5.74) is 0.319. The minimum atomic E-state index is -0.199. The summed E-state index contributed by atoms with van der Waals surface area (Å²) in [5, 5.41) is 2.88. The average Bonchev–Trinajstić information content (AvgIpc) is 2.70. The molecule has 148 valence electrons. The Morgan fingerprint density at radius 1 is 1.30 bits per heavy atom. The summed E-state index contributed by atoms with van der Waals surface area (Å²) < 4.78 is 18.2. The number of hydrogen-bond donors (Lipinski definition) is 1. The van der Waals surface area contributed by atoms with E-state index in [0.717, 1.165) is 45.3 Å². The molecule has 2 aliphatic rings. The second kappa shape index (κ2) is 8.65. The summed E-state index contributed by atoms with van der Waals surface area (Å²) in [6.07, 6.45) is 7.52. The first-order valence-electron chi connectivity index (χ1n) is 9.46. The number of hydrogen-bond acceptors (Lipinski definition) is 6. The number of carbonyl (C=O) groups excluding carboxylic acids is 1. The van der Waals surface area contributed by atoms with Crippen LogP contribution in [-0.2, 0) is 4.79 Å². The maximum atomic E-state index is 12.7. The summed E-state index contributed by atoms with van der Waals surface area (Å²) in [6, 6.07) is 0. The van der Waals surface area contributed by atoms with Gasteiger partial charge in [0.15, 0.2) is 5.75 Å². The van der Waals surface area contributed by atoms with Gasteiger partial charge in [0.05, 0.1) is 24.1 Å². The SMILES string of the molecule is CNC/C(=C\F)COc1cnc(N2CCC3(CCCN(C)C3=O)CC2)nc1. The quantitative estimate of drug-likeness (QED) is 0.815. The van der Waals surface area contributed by atoms with Crippen LogP contribution in [0, 0.1) is 5.41 Å². The van der Waals surface area contributed by atoms with E-state index in [1.165, 1.54) is 0 Å². The Balaban J connectivity index is 1.55. The third kappa shape index (κ3) is 4.37. The molecule has 0 unspecified atom stereocenters. The Bertz CT molecular complexity index is 671. The van der Waals surface area contributed by atoms with Crippen LogP contribution in [0.3, 0.4) is 0 Å². The topological polar surface area (TPSA) is 70.6 Å². The van der Waals surface area contributed by atoms with Gasteiger partial charge < -0.3 is 19.9 Å². The van der Waals surface area contributed by atoms with Crippen LogP contribution < -0.4 is 15.0 Å². The number of ether oxygens (including phenoxy) is 1. The van der Waals surface area contributed by atoms with Crippen LogP contribution in [0.1, 0.15) is 25.7 Å². The second-order valence-corrected chi connectivity index (χ2v) is 7.40. The molecule has 0 saturated carbocycles. The van der Waals surface area contributed by atoms with Gasteiger partial charge in [0.1, 0.15) is 6.61 Å². The van der Waals surface area contributed by atoms with Crippen LogP contribution in [0.4, 0.5) is 10.3 Å². The molecule has 0 bridgehead atoms. The van der Waals surface area contributed by atoms with Crippen molar-refractivity contribution in [3.8, 4) is 5.75 Å². The molecule has 2 fully saturated rings. The van der Waals surface area contributed by atoms with Crippen molar-refractivity contribution in [1.29, 1.82) is 0 Å². The summed E-state index contributed by atoms with van der Waals surface area (Å²) in [7, 11) is 3.65. The highest BCUT2D eigenvalue weighted by atomic mass is 19.1. The van der Waals surface area contributed by atoms with E-state index in [1.54, 1.807) is 19.4 Å². The molecule has 1 amide bonds. The van der Waals surface area contributed by atoms with Crippen LogP contribution in [0.15, 0.2) is 24.3 Å². The Labute approximate surface area is 159 Å². The third-order valence-corrected chi connectivity index (χ3v) is 5.55. The maximum absolute atomic E-state index is 12.7. The van der Waals surface area contributed by atoms with E-state index < -0.39 is 0 Å². The van der Waals surface area contributed by atoms with Crippen molar-refractivity contribution < 1.29 is 13.9 Å². The Hall–Kier alpha value is -2.22. The van der Waals surface area contributed by atoms with Crippen LogP contribution in [0.25, 0.3) is 0 Å². The van der Waals surface area contributed by atoms with Gasteiger partial charge in [-0.3, -0.25) is 4.79 Å². The first kappa shape index (κ1) is 19.5. The van der Waals surface area contributed by atoms with Crippen LogP contribution in [0.2, 0.25) is 0 Å². The normalized spacial score (nSPS) is 20.3. The molecule has 3 rings (SSSR count). The highest BCUT2D eigenvalue weighted by molar-refractivity contribution is 5.83. The molecule has 1 spiro atoms. The Kier molecular flexibility index (Phi) is 6.26. The van der Waals surface area contributed by atoms with Crippen molar-refractivity contribution in [2.45, 2.75) is 25.7 Å². The number of carbonyl (C=O) groups is 1. The lowest BCUT2D eigenvalue weighted by molar-refractivity contribution is -0.146. The smallest absolute Gasteiger partial charge is 0.228 e. The van der Waals surface area contributed by atoms with E-state index in [1.807, 2.05) is 11.9 Å². The van der Waals surface area contributed by atoms with Crippen LogP contribution >= 0.6 is 0 Å². The largest absolute Gasteiger partial charge is 0.486 e. The lowest BCUT2D eigenvalue weighted by Gasteiger charge is -2.45. The number of likely N-dealkylation sites (tertiary alicyclic amines) is 1. The Morgan fingerprint density at radius 2 is 2.00 bits per heavy atom. The zero-order valence-corrected chi connectivity index (χ0v) is 16.1. The van der Waals surface area contributed by atoms with Crippen molar-refractivity contribution in [2.24, 2.45) is 5.41 Å². The van der Waals surface area contributed by atoms with Crippen LogP contribution in [-0.4, -0.2) is 67.7 Å². The summed E-state index contributed by atoms with van der Waals surface area (Å²) in [6.45, 7) is 3.00. The minimum Gasteiger partial charge on any atom is -0.486 e. The fourth-order valence-corrected chi connectivity index (χ4v) is 3.94. The number of likely N-dealkylation sites (N-methyl/N-ethyl adjacent to an activating group) is 1. The lowest BCUT2D eigenvalue weighted by Crippen LogP contribution is -2.52. The van der Waals surface area contributed by atoms with E-state index in [9.17, 15) is 9.18 Å². The van der Waals surface area contributed by atoms with Gasteiger partial charge in [0.25, 0.3) is 0 Å². The standard InChI is InChI=1S/C19H28FN5O2/c1-21-11-15(10-20)14-27-16-12-22-18(23-13-16)25-8-5-19(6-9-25)4-3-7-24(2)17(19)26/h10,12-13,21H,3-9,11,14H2,1-2H3/b15-10+. The zero-order valence-electron chi connectivity index (χ0n) is 16.1. The molecule has 2 saturated heterocycles. The fourth-order valence-electron chi connectivity index (χ4n) is 3.94. The molecule has 1 N–H and O–H groups in total. The van der Waals surface area contributed by atoms with Gasteiger partial charge in [0.2, 0.25) is 11.9 Å². The number of rotatable bonds is 6. The molecule has 1 aromatic heterocycles. The summed E-state index contributed by atoms with van der Waals surface area (Å²) >= 11 is 0. The van der Waals surface area contributed by atoms with Gasteiger partial charge in [-0.25, -0.2) is 14.4 Å². The van der Waals surface area contributed by atoms with E-state index >= 15 is 0 Å². The van der Waals surface area contributed by atoms with Crippen LogP contribution in [0.5, 0.6) is 5.75 Å². The lowest BCUT2D eigenvalue weighted by atomic mass is 9.72. The van der Waals surface area contributed by atoms with Gasteiger partial charge in [-0.2, -0.15) is 0 Å². The molecule has 0 aliphatic carbocycles.